The summed E-state index contributed by atoms with van der Waals surface area (Å²) in [5.41, 5.74) is 1.45. The van der Waals surface area contributed by atoms with Crippen LogP contribution in [0.4, 0.5) is 0 Å². The fourth-order valence-electron chi connectivity index (χ4n) is 3.86. The van der Waals surface area contributed by atoms with Crippen LogP contribution in [-0.2, 0) is 6.54 Å². The van der Waals surface area contributed by atoms with Gasteiger partial charge in [-0.25, -0.2) is 0 Å². The Hall–Kier alpha value is -0.860. The van der Waals surface area contributed by atoms with Crippen molar-refractivity contribution in [3.63, 3.8) is 0 Å². The first-order valence-corrected chi connectivity index (χ1v) is 8.31. The molecule has 0 radical (unpaired) electrons. The Bertz CT molecular complexity index is 395. The van der Waals surface area contributed by atoms with Crippen molar-refractivity contribution in [2.75, 3.05) is 26.2 Å². The molecule has 0 unspecified atom stereocenters. The van der Waals surface area contributed by atoms with Crippen molar-refractivity contribution >= 4 is 0 Å². The Labute approximate surface area is 123 Å². The maximum absolute atomic E-state index is 2.76. The minimum atomic E-state index is 0.873. The number of hydrogen-bond donors (Lipinski definition) is 0. The lowest BCUT2D eigenvalue weighted by atomic mass is 9.86. The number of piperazine rings is 1. The van der Waals surface area contributed by atoms with Gasteiger partial charge in [-0.1, -0.05) is 50.1 Å². The third-order valence-electron chi connectivity index (χ3n) is 5.08. The lowest BCUT2D eigenvalue weighted by Gasteiger charge is -2.42. The predicted octanol–water partition coefficient (Wildman–Crippen LogP) is 3.38. The molecule has 20 heavy (non-hydrogen) atoms. The van der Waals surface area contributed by atoms with E-state index in [9.17, 15) is 0 Å². The third kappa shape index (κ3) is 3.62. The zero-order chi connectivity index (χ0) is 13.8. The first-order valence-electron chi connectivity index (χ1n) is 8.31. The molecule has 1 saturated heterocycles. The van der Waals surface area contributed by atoms with Crippen LogP contribution in [0, 0.1) is 5.92 Å². The van der Waals surface area contributed by atoms with Gasteiger partial charge in [-0.3, -0.25) is 9.80 Å². The smallest absolute Gasteiger partial charge is 0.0234 e. The summed E-state index contributed by atoms with van der Waals surface area (Å²) in [6.45, 7) is 8.56. The summed E-state index contributed by atoms with van der Waals surface area (Å²) in [5.74, 6) is 0.941. The summed E-state index contributed by atoms with van der Waals surface area (Å²) in [5, 5.41) is 0. The van der Waals surface area contributed by atoms with Crippen LogP contribution >= 0.6 is 0 Å². The Morgan fingerprint density at radius 3 is 2.45 bits per heavy atom. The van der Waals surface area contributed by atoms with Crippen LogP contribution in [0.5, 0.6) is 0 Å². The molecule has 1 aliphatic carbocycles. The van der Waals surface area contributed by atoms with E-state index in [0.717, 1.165) is 18.5 Å². The minimum Gasteiger partial charge on any atom is -0.298 e. The highest BCUT2D eigenvalue weighted by Crippen LogP contribution is 2.28. The summed E-state index contributed by atoms with van der Waals surface area (Å²) in [6, 6.07) is 11.8. The Morgan fingerprint density at radius 2 is 1.75 bits per heavy atom. The van der Waals surface area contributed by atoms with Crippen LogP contribution in [0.25, 0.3) is 0 Å². The van der Waals surface area contributed by atoms with E-state index in [2.05, 4.69) is 47.1 Å². The quantitative estimate of drug-likeness (QED) is 0.832. The van der Waals surface area contributed by atoms with Gasteiger partial charge in [0, 0.05) is 38.8 Å². The minimum absolute atomic E-state index is 0.873. The highest BCUT2D eigenvalue weighted by atomic mass is 15.3. The van der Waals surface area contributed by atoms with Crippen molar-refractivity contribution in [1.29, 1.82) is 0 Å². The van der Waals surface area contributed by atoms with Gasteiger partial charge in [0.1, 0.15) is 0 Å². The molecular weight excluding hydrogens is 244 g/mol. The molecule has 2 heteroatoms. The highest BCUT2D eigenvalue weighted by molar-refractivity contribution is 5.14. The second kappa shape index (κ2) is 6.73. The average molecular weight is 272 g/mol. The fourth-order valence-corrected chi connectivity index (χ4v) is 3.86. The molecule has 110 valence electrons. The van der Waals surface area contributed by atoms with Crippen molar-refractivity contribution < 1.29 is 0 Å². The largest absolute Gasteiger partial charge is 0.298 e. The van der Waals surface area contributed by atoms with Gasteiger partial charge in [0.2, 0.25) is 0 Å². The van der Waals surface area contributed by atoms with E-state index in [4.69, 9.17) is 0 Å². The molecule has 1 aromatic carbocycles. The van der Waals surface area contributed by atoms with E-state index in [-0.39, 0.29) is 0 Å². The van der Waals surface area contributed by atoms with Crippen LogP contribution < -0.4 is 0 Å². The van der Waals surface area contributed by atoms with E-state index in [1.165, 1.54) is 57.4 Å². The molecule has 0 bridgehead atoms. The molecule has 0 amide bonds. The van der Waals surface area contributed by atoms with Crippen molar-refractivity contribution in [3.8, 4) is 0 Å². The molecule has 2 fully saturated rings. The van der Waals surface area contributed by atoms with Crippen molar-refractivity contribution in [2.24, 2.45) is 5.92 Å². The lowest BCUT2D eigenvalue weighted by molar-refractivity contribution is 0.0659. The van der Waals surface area contributed by atoms with Crippen molar-refractivity contribution in [1.82, 2.24) is 9.80 Å². The molecule has 2 aliphatic rings. The molecule has 1 saturated carbocycles. The first kappa shape index (κ1) is 14.1. The van der Waals surface area contributed by atoms with Crippen LogP contribution in [0.2, 0.25) is 0 Å². The summed E-state index contributed by atoms with van der Waals surface area (Å²) >= 11 is 0. The van der Waals surface area contributed by atoms with Crippen LogP contribution in [0.3, 0.4) is 0 Å². The lowest BCUT2D eigenvalue weighted by Crippen LogP contribution is -2.50. The summed E-state index contributed by atoms with van der Waals surface area (Å²) in [7, 11) is 0. The number of rotatable bonds is 3. The van der Waals surface area contributed by atoms with Gasteiger partial charge in [0.25, 0.3) is 0 Å². The molecule has 0 N–H and O–H groups in total. The second-order valence-electron chi connectivity index (χ2n) is 6.72. The SMILES string of the molecule is C[C@H]1CCC[C@H](N2CCN(Cc3ccccc3)CC2)C1. The predicted molar refractivity (Wildman–Crippen MR) is 84.7 cm³/mol. The van der Waals surface area contributed by atoms with Crippen LogP contribution in [-0.4, -0.2) is 42.0 Å². The van der Waals surface area contributed by atoms with Gasteiger partial charge >= 0.3 is 0 Å². The molecule has 2 nitrogen and oxygen atoms in total. The number of hydrogen-bond acceptors (Lipinski definition) is 2. The molecule has 0 aromatic heterocycles. The van der Waals surface area contributed by atoms with E-state index in [1.807, 2.05) is 0 Å². The van der Waals surface area contributed by atoms with E-state index < -0.39 is 0 Å². The van der Waals surface area contributed by atoms with Crippen LogP contribution in [0.1, 0.15) is 38.2 Å². The van der Waals surface area contributed by atoms with Gasteiger partial charge in [0.15, 0.2) is 0 Å². The summed E-state index contributed by atoms with van der Waals surface area (Å²) < 4.78 is 0. The highest BCUT2D eigenvalue weighted by Gasteiger charge is 2.27. The normalized spacial score (nSPS) is 29.4. The Morgan fingerprint density at radius 1 is 1.00 bits per heavy atom. The molecular formula is C18H28N2. The van der Waals surface area contributed by atoms with E-state index in [0.29, 0.717) is 0 Å². The molecule has 1 aliphatic heterocycles. The summed E-state index contributed by atoms with van der Waals surface area (Å²) in [6.07, 6.45) is 5.75. The van der Waals surface area contributed by atoms with E-state index >= 15 is 0 Å². The fraction of sp³-hybridized carbons (Fsp3) is 0.667. The average Bonchev–Trinajstić information content (AvgIpc) is 2.49. The summed E-state index contributed by atoms with van der Waals surface area (Å²) in [4.78, 5) is 5.37. The maximum Gasteiger partial charge on any atom is 0.0234 e. The molecule has 2 atom stereocenters. The van der Waals surface area contributed by atoms with Gasteiger partial charge in [-0.15, -0.1) is 0 Å². The van der Waals surface area contributed by atoms with Gasteiger partial charge in [0.05, 0.1) is 0 Å². The van der Waals surface area contributed by atoms with E-state index in [1.54, 1.807) is 0 Å². The van der Waals surface area contributed by atoms with Crippen LogP contribution in [0.15, 0.2) is 30.3 Å². The third-order valence-corrected chi connectivity index (χ3v) is 5.08. The Balaban J connectivity index is 1.47. The van der Waals surface area contributed by atoms with Gasteiger partial charge in [-0.05, 0) is 24.3 Å². The zero-order valence-electron chi connectivity index (χ0n) is 12.8. The topological polar surface area (TPSA) is 6.48 Å². The van der Waals surface area contributed by atoms with Gasteiger partial charge in [-0.2, -0.15) is 0 Å². The first-order chi connectivity index (χ1) is 9.81. The van der Waals surface area contributed by atoms with Gasteiger partial charge < -0.3 is 0 Å². The number of benzene rings is 1. The second-order valence-corrected chi connectivity index (χ2v) is 6.72. The zero-order valence-corrected chi connectivity index (χ0v) is 12.8. The number of nitrogens with zero attached hydrogens (tertiary/aromatic N) is 2. The molecule has 0 spiro atoms. The van der Waals surface area contributed by atoms with Crippen molar-refractivity contribution in [3.05, 3.63) is 35.9 Å². The monoisotopic (exact) mass is 272 g/mol. The standard InChI is InChI=1S/C18H28N2/c1-16-6-5-9-18(14-16)20-12-10-19(11-13-20)15-17-7-3-2-4-8-17/h2-4,7-8,16,18H,5-6,9-15H2,1H3/t16-,18-/m0/s1. The molecule has 3 rings (SSSR count). The Kier molecular flexibility index (Phi) is 4.74. The molecule has 1 heterocycles. The maximum atomic E-state index is 2.76. The van der Waals surface area contributed by atoms with Crippen molar-refractivity contribution in [2.45, 2.75) is 45.2 Å². The molecule has 1 aromatic rings.